The van der Waals surface area contributed by atoms with Crippen LogP contribution in [0.25, 0.3) is 0 Å². The van der Waals surface area contributed by atoms with Gasteiger partial charge in [-0.25, -0.2) is 22.0 Å². The van der Waals surface area contributed by atoms with Gasteiger partial charge in [0.2, 0.25) is 0 Å². The van der Waals surface area contributed by atoms with Crippen LogP contribution in [0.2, 0.25) is 0 Å². The molecule has 3 rings (SSSR count). The Morgan fingerprint density at radius 2 is 1.66 bits per heavy atom. The zero-order valence-electron chi connectivity index (χ0n) is 16.1. The van der Waals surface area contributed by atoms with E-state index in [4.69, 9.17) is 4.74 Å². The number of carbonyl (C=O) groups excluding carboxylic acids is 1. The second-order valence-electron chi connectivity index (χ2n) is 8.15. The van der Waals surface area contributed by atoms with Crippen LogP contribution in [0.1, 0.15) is 45.4 Å². The highest BCUT2D eigenvalue weighted by atomic mass is 32.1. The van der Waals surface area contributed by atoms with Crippen LogP contribution in [0.15, 0.2) is 29.2 Å². The fraction of sp³-hybridized carbons (Fsp3) is 0.667. The SMILES string of the molecule is CCC1(F)C(F)CC(F)(C2CCC(C(=O)Oc3ccc(S)cc3)CC2)C(F)C1F. The van der Waals surface area contributed by atoms with Gasteiger partial charge < -0.3 is 4.74 Å². The van der Waals surface area contributed by atoms with Crippen molar-refractivity contribution in [2.24, 2.45) is 11.8 Å². The molecule has 0 aromatic heterocycles. The summed E-state index contributed by atoms with van der Waals surface area (Å²) in [6.07, 6.45) is -8.95. The molecule has 0 N–H and O–H groups in total. The normalized spacial score (nSPS) is 40.4. The Morgan fingerprint density at radius 3 is 2.21 bits per heavy atom. The Bertz CT molecular complexity index is 724. The summed E-state index contributed by atoms with van der Waals surface area (Å²) < 4.78 is 78.3. The summed E-state index contributed by atoms with van der Waals surface area (Å²) >= 11 is 4.15. The first-order valence-electron chi connectivity index (χ1n) is 9.92. The van der Waals surface area contributed by atoms with Crippen molar-refractivity contribution in [3.63, 3.8) is 0 Å². The minimum atomic E-state index is -3.00. The van der Waals surface area contributed by atoms with Crippen molar-refractivity contribution < 1.29 is 31.5 Å². The third kappa shape index (κ3) is 4.14. The van der Waals surface area contributed by atoms with Crippen LogP contribution in [-0.2, 0) is 4.79 Å². The molecule has 8 heteroatoms. The number of halogens is 5. The quantitative estimate of drug-likeness (QED) is 0.274. The predicted molar refractivity (Wildman–Crippen MR) is 102 cm³/mol. The molecule has 0 amide bonds. The lowest BCUT2D eigenvalue weighted by Gasteiger charge is -2.48. The molecule has 0 saturated heterocycles. The van der Waals surface area contributed by atoms with Gasteiger partial charge in [0.25, 0.3) is 0 Å². The minimum Gasteiger partial charge on any atom is -0.426 e. The van der Waals surface area contributed by atoms with Crippen LogP contribution < -0.4 is 4.74 Å². The van der Waals surface area contributed by atoms with E-state index in [0.717, 1.165) is 0 Å². The van der Waals surface area contributed by atoms with Gasteiger partial charge in [-0.15, -0.1) is 12.6 Å². The summed E-state index contributed by atoms with van der Waals surface area (Å²) in [4.78, 5) is 13.0. The number of esters is 1. The van der Waals surface area contributed by atoms with E-state index in [1.807, 2.05) is 0 Å². The standard InChI is InChI=1S/C21H25F5O2S/c1-2-20(25)16(22)11-21(26,18(24)17(20)23)13-5-3-12(4-6-13)19(27)28-14-7-9-15(29)10-8-14/h7-10,12-13,16-18,29H,2-6,11H2,1H3. The lowest BCUT2D eigenvalue weighted by molar-refractivity contribution is -0.176. The summed E-state index contributed by atoms with van der Waals surface area (Å²) in [5.41, 5.74) is -5.78. The van der Waals surface area contributed by atoms with Crippen molar-refractivity contribution in [2.75, 3.05) is 0 Å². The highest BCUT2D eigenvalue weighted by Crippen LogP contribution is 2.52. The predicted octanol–water partition coefficient (Wildman–Crippen LogP) is 5.93. The molecular formula is C21H25F5O2S. The molecule has 1 aromatic carbocycles. The molecule has 0 aliphatic heterocycles. The van der Waals surface area contributed by atoms with E-state index >= 15 is 4.39 Å². The molecule has 29 heavy (non-hydrogen) atoms. The first kappa shape index (κ1) is 22.4. The van der Waals surface area contributed by atoms with Crippen molar-refractivity contribution in [1.82, 2.24) is 0 Å². The Balaban J connectivity index is 1.62. The van der Waals surface area contributed by atoms with Crippen LogP contribution in [0.5, 0.6) is 5.75 Å². The molecule has 2 fully saturated rings. The van der Waals surface area contributed by atoms with Gasteiger partial charge in [0.05, 0.1) is 5.92 Å². The number of ether oxygens (including phenoxy) is 1. The van der Waals surface area contributed by atoms with E-state index in [-0.39, 0.29) is 25.7 Å². The molecule has 5 unspecified atom stereocenters. The minimum absolute atomic E-state index is 0.0805. The number of benzene rings is 1. The molecular weight excluding hydrogens is 411 g/mol. The molecule has 0 spiro atoms. The smallest absolute Gasteiger partial charge is 0.314 e. The number of thiol groups is 1. The van der Waals surface area contributed by atoms with Gasteiger partial charge >= 0.3 is 5.97 Å². The highest BCUT2D eigenvalue weighted by molar-refractivity contribution is 7.80. The Kier molecular flexibility index (Phi) is 6.51. The third-order valence-electron chi connectivity index (χ3n) is 6.52. The Labute approximate surface area is 172 Å². The summed E-state index contributed by atoms with van der Waals surface area (Å²) in [6, 6.07) is 6.53. The Hall–Kier alpha value is -1.31. The average Bonchev–Trinajstić information content (AvgIpc) is 2.72. The van der Waals surface area contributed by atoms with Crippen LogP contribution in [0.4, 0.5) is 22.0 Å². The monoisotopic (exact) mass is 436 g/mol. The van der Waals surface area contributed by atoms with Crippen molar-refractivity contribution in [1.29, 1.82) is 0 Å². The van der Waals surface area contributed by atoms with Crippen LogP contribution in [0, 0.1) is 11.8 Å². The molecule has 2 saturated carbocycles. The zero-order valence-corrected chi connectivity index (χ0v) is 17.0. The highest BCUT2D eigenvalue weighted by Gasteiger charge is 2.65. The van der Waals surface area contributed by atoms with Crippen molar-refractivity contribution >= 4 is 18.6 Å². The van der Waals surface area contributed by atoms with Crippen molar-refractivity contribution in [3.05, 3.63) is 24.3 Å². The second kappa shape index (κ2) is 8.44. The van der Waals surface area contributed by atoms with E-state index in [0.29, 0.717) is 10.6 Å². The molecule has 0 radical (unpaired) electrons. The average molecular weight is 436 g/mol. The molecule has 5 atom stereocenters. The topological polar surface area (TPSA) is 26.3 Å². The number of carbonyl (C=O) groups is 1. The maximum atomic E-state index is 15.4. The van der Waals surface area contributed by atoms with Crippen LogP contribution in [0.3, 0.4) is 0 Å². The Morgan fingerprint density at radius 1 is 1.07 bits per heavy atom. The van der Waals surface area contributed by atoms with Crippen LogP contribution in [-0.4, -0.2) is 35.8 Å². The van der Waals surface area contributed by atoms with E-state index in [1.165, 1.54) is 6.92 Å². The molecule has 2 aliphatic carbocycles. The zero-order chi connectivity index (χ0) is 21.4. The molecule has 0 bridgehead atoms. The molecule has 162 valence electrons. The number of rotatable bonds is 4. The molecule has 2 aliphatic rings. The third-order valence-corrected chi connectivity index (χ3v) is 6.82. The first-order chi connectivity index (χ1) is 13.6. The van der Waals surface area contributed by atoms with Gasteiger partial charge in [-0.05, 0) is 62.3 Å². The second-order valence-corrected chi connectivity index (χ2v) is 8.66. The van der Waals surface area contributed by atoms with E-state index in [2.05, 4.69) is 12.6 Å². The number of hydrogen-bond donors (Lipinski definition) is 1. The maximum absolute atomic E-state index is 15.4. The van der Waals surface area contributed by atoms with Gasteiger partial charge in [-0.2, -0.15) is 0 Å². The van der Waals surface area contributed by atoms with Crippen molar-refractivity contribution in [2.45, 2.75) is 80.2 Å². The summed E-state index contributed by atoms with van der Waals surface area (Å²) in [5, 5.41) is 0. The van der Waals surface area contributed by atoms with Gasteiger partial charge in [-0.1, -0.05) is 6.92 Å². The van der Waals surface area contributed by atoms with E-state index in [9.17, 15) is 22.4 Å². The summed E-state index contributed by atoms with van der Waals surface area (Å²) in [5.74, 6) is -1.61. The van der Waals surface area contributed by atoms with Gasteiger partial charge in [0.15, 0.2) is 23.7 Å². The number of alkyl halides is 5. The van der Waals surface area contributed by atoms with Crippen molar-refractivity contribution in [3.8, 4) is 5.75 Å². The fourth-order valence-corrected chi connectivity index (χ4v) is 4.70. The maximum Gasteiger partial charge on any atom is 0.314 e. The molecule has 0 heterocycles. The van der Waals surface area contributed by atoms with Gasteiger partial charge in [0.1, 0.15) is 11.9 Å². The van der Waals surface area contributed by atoms with Crippen LogP contribution >= 0.6 is 12.6 Å². The lowest BCUT2D eigenvalue weighted by atomic mass is 9.64. The van der Waals surface area contributed by atoms with E-state index in [1.54, 1.807) is 24.3 Å². The first-order valence-corrected chi connectivity index (χ1v) is 10.4. The van der Waals surface area contributed by atoms with Gasteiger partial charge in [-0.3, -0.25) is 4.79 Å². The number of hydrogen-bond acceptors (Lipinski definition) is 3. The summed E-state index contributed by atoms with van der Waals surface area (Å²) in [6.45, 7) is 1.22. The fourth-order valence-electron chi connectivity index (χ4n) is 4.55. The lowest BCUT2D eigenvalue weighted by Crippen LogP contribution is -2.64. The largest absolute Gasteiger partial charge is 0.426 e. The van der Waals surface area contributed by atoms with Gasteiger partial charge in [0, 0.05) is 11.3 Å². The molecule has 2 nitrogen and oxygen atoms in total. The molecule has 1 aromatic rings. The summed E-state index contributed by atoms with van der Waals surface area (Å²) in [7, 11) is 0. The van der Waals surface area contributed by atoms with E-state index < -0.39 is 60.5 Å².